The summed E-state index contributed by atoms with van der Waals surface area (Å²) in [4.78, 5) is 8.25. The Hall–Kier alpha value is -0.640. The van der Waals surface area contributed by atoms with Gasteiger partial charge in [-0.15, -0.1) is 0 Å². The highest BCUT2D eigenvalue weighted by atomic mass is 79.9. The molecule has 0 saturated carbocycles. The molecule has 0 aliphatic rings. The van der Waals surface area contributed by atoms with E-state index in [0.717, 1.165) is 10.0 Å². The summed E-state index contributed by atoms with van der Waals surface area (Å²) >= 11 is 15.0. The minimum absolute atomic E-state index is 0.418. The fourth-order valence-electron chi connectivity index (χ4n) is 1.14. The highest BCUT2D eigenvalue weighted by molar-refractivity contribution is 9.10. The van der Waals surface area contributed by atoms with Crippen molar-refractivity contribution in [1.29, 1.82) is 0 Å². The van der Waals surface area contributed by atoms with Crippen LogP contribution >= 0.6 is 39.1 Å². The van der Waals surface area contributed by atoms with E-state index in [2.05, 4.69) is 25.9 Å². The number of benzene rings is 1. The van der Waals surface area contributed by atoms with Crippen LogP contribution in [0.1, 0.15) is 0 Å². The lowest BCUT2D eigenvalue weighted by molar-refractivity contribution is 1.17. The third-order valence-corrected chi connectivity index (χ3v) is 2.90. The average Bonchev–Trinajstić information content (AvgIpc) is 2.17. The first-order valence-electron chi connectivity index (χ1n) is 4.11. The summed E-state index contributed by atoms with van der Waals surface area (Å²) in [5.41, 5.74) is 0.863. The molecule has 0 unspecified atom stereocenters. The summed E-state index contributed by atoms with van der Waals surface area (Å²) in [6.07, 6.45) is 1.62. The number of hydrogen-bond acceptors (Lipinski definition) is 2. The molecule has 0 bridgehead atoms. The highest BCUT2D eigenvalue weighted by Gasteiger charge is 2.06. The molecule has 76 valence electrons. The van der Waals surface area contributed by atoms with Crippen LogP contribution in [-0.2, 0) is 0 Å². The Bertz CT molecular complexity index is 503. The van der Waals surface area contributed by atoms with E-state index in [1.54, 1.807) is 24.4 Å². The van der Waals surface area contributed by atoms with Crippen LogP contribution in [0.25, 0.3) is 11.4 Å². The molecule has 0 fully saturated rings. The molecular formula is C10H5BrCl2N2. The molecule has 0 aliphatic heterocycles. The van der Waals surface area contributed by atoms with Crippen molar-refractivity contribution in [2.24, 2.45) is 0 Å². The standard InChI is InChI=1S/C10H5BrCl2N2/c11-8-5-6(12)1-2-7(8)10-14-4-3-9(13)15-10/h1-5H. The third-order valence-electron chi connectivity index (χ3n) is 1.79. The molecule has 0 aliphatic carbocycles. The molecule has 0 N–H and O–H groups in total. The van der Waals surface area contributed by atoms with Gasteiger partial charge in [0.05, 0.1) is 0 Å². The number of aromatic nitrogens is 2. The van der Waals surface area contributed by atoms with E-state index < -0.39 is 0 Å². The van der Waals surface area contributed by atoms with Crippen molar-refractivity contribution in [3.63, 3.8) is 0 Å². The smallest absolute Gasteiger partial charge is 0.161 e. The second-order valence-corrected chi connectivity index (χ2v) is 4.51. The quantitative estimate of drug-likeness (QED) is 0.737. The third kappa shape index (κ3) is 2.48. The molecule has 1 aromatic heterocycles. The Morgan fingerprint density at radius 1 is 1.13 bits per heavy atom. The van der Waals surface area contributed by atoms with E-state index in [4.69, 9.17) is 23.2 Å². The minimum Gasteiger partial charge on any atom is -0.236 e. The molecule has 0 amide bonds. The second-order valence-electron chi connectivity index (χ2n) is 2.83. The van der Waals surface area contributed by atoms with E-state index >= 15 is 0 Å². The summed E-state index contributed by atoms with van der Waals surface area (Å²) in [5.74, 6) is 0.575. The van der Waals surface area contributed by atoms with E-state index in [1.165, 1.54) is 0 Å². The van der Waals surface area contributed by atoms with Crippen molar-refractivity contribution in [3.05, 3.63) is 45.1 Å². The fourth-order valence-corrected chi connectivity index (χ4v) is 2.13. The molecule has 0 radical (unpaired) electrons. The van der Waals surface area contributed by atoms with Crippen LogP contribution < -0.4 is 0 Å². The molecule has 2 aromatic rings. The van der Waals surface area contributed by atoms with Gasteiger partial charge in [-0.1, -0.05) is 23.2 Å². The Morgan fingerprint density at radius 3 is 2.60 bits per heavy atom. The van der Waals surface area contributed by atoms with Crippen molar-refractivity contribution in [3.8, 4) is 11.4 Å². The van der Waals surface area contributed by atoms with Crippen LogP contribution in [0.5, 0.6) is 0 Å². The summed E-state index contributed by atoms with van der Waals surface area (Å²) < 4.78 is 0.845. The van der Waals surface area contributed by atoms with Gasteiger partial charge in [0, 0.05) is 21.3 Å². The molecule has 2 nitrogen and oxygen atoms in total. The predicted molar refractivity (Wildman–Crippen MR) is 65.2 cm³/mol. The maximum atomic E-state index is 5.84. The topological polar surface area (TPSA) is 25.8 Å². The van der Waals surface area contributed by atoms with Gasteiger partial charge in [-0.2, -0.15) is 0 Å². The number of nitrogens with zero attached hydrogens (tertiary/aromatic N) is 2. The maximum Gasteiger partial charge on any atom is 0.161 e. The van der Waals surface area contributed by atoms with Crippen LogP contribution in [0.2, 0.25) is 10.2 Å². The maximum absolute atomic E-state index is 5.84. The van der Waals surface area contributed by atoms with Crippen molar-refractivity contribution in [2.75, 3.05) is 0 Å². The number of rotatable bonds is 1. The monoisotopic (exact) mass is 302 g/mol. The summed E-state index contributed by atoms with van der Waals surface area (Å²) in [6, 6.07) is 7.06. The van der Waals surface area contributed by atoms with Gasteiger partial charge in [-0.3, -0.25) is 0 Å². The Labute approximate surface area is 105 Å². The minimum atomic E-state index is 0.418. The molecule has 15 heavy (non-hydrogen) atoms. The van der Waals surface area contributed by atoms with Crippen LogP contribution in [0.3, 0.4) is 0 Å². The van der Waals surface area contributed by atoms with Crippen molar-refractivity contribution in [1.82, 2.24) is 9.97 Å². The van der Waals surface area contributed by atoms with Gasteiger partial charge in [0.15, 0.2) is 5.82 Å². The van der Waals surface area contributed by atoms with E-state index in [1.807, 2.05) is 6.07 Å². The summed E-state index contributed by atoms with van der Waals surface area (Å²) in [5, 5.41) is 1.08. The summed E-state index contributed by atoms with van der Waals surface area (Å²) in [6.45, 7) is 0. The normalized spacial score (nSPS) is 10.3. The van der Waals surface area contributed by atoms with E-state index in [0.29, 0.717) is 16.0 Å². The fraction of sp³-hybridized carbons (Fsp3) is 0. The van der Waals surface area contributed by atoms with Crippen LogP contribution in [0.15, 0.2) is 34.9 Å². The molecular weight excluding hydrogens is 299 g/mol. The van der Waals surface area contributed by atoms with Gasteiger partial charge in [-0.25, -0.2) is 9.97 Å². The van der Waals surface area contributed by atoms with Gasteiger partial charge in [0.1, 0.15) is 5.15 Å². The first-order chi connectivity index (χ1) is 7.16. The molecule has 1 aromatic carbocycles. The zero-order valence-electron chi connectivity index (χ0n) is 7.42. The second kappa shape index (κ2) is 4.47. The van der Waals surface area contributed by atoms with Crippen LogP contribution in [0, 0.1) is 0 Å². The zero-order valence-corrected chi connectivity index (χ0v) is 10.5. The molecule has 5 heteroatoms. The molecule has 1 heterocycles. The average molecular weight is 304 g/mol. The van der Waals surface area contributed by atoms with Gasteiger partial charge in [0.2, 0.25) is 0 Å². The first-order valence-corrected chi connectivity index (χ1v) is 5.65. The highest BCUT2D eigenvalue weighted by Crippen LogP contribution is 2.28. The molecule has 0 atom stereocenters. The lowest BCUT2D eigenvalue weighted by Crippen LogP contribution is -1.89. The van der Waals surface area contributed by atoms with Crippen molar-refractivity contribution in [2.45, 2.75) is 0 Å². The lowest BCUT2D eigenvalue weighted by atomic mass is 10.2. The predicted octanol–water partition coefficient (Wildman–Crippen LogP) is 4.21. The van der Waals surface area contributed by atoms with Crippen molar-refractivity contribution >= 4 is 39.1 Å². The van der Waals surface area contributed by atoms with Crippen LogP contribution in [0.4, 0.5) is 0 Å². The number of halogens is 3. The molecule has 2 rings (SSSR count). The van der Waals surface area contributed by atoms with Gasteiger partial charge in [-0.05, 0) is 40.2 Å². The van der Waals surface area contributed by atoms with Crippen molar-refractivity contribution < 1.29 is 0 Å². The first kappa shape index (κ1) is 10.9. The largest absolute Gasteiger partial charge is 0.236 e. The lowest BCUT2D eigenvalue weighted by Gasteiger charge is -2.03. The zero-order chi connectivity index (χ0) is 10.8. The van der Waals surface area contributed by atoms with Gasteiger partial charge in [0.25, 0.3) is 0 Å². The SMILES string of the molecule is Clc1ccc(-c2nccc(Cl)n2)c(Br)c1. The van der Waals surface area contributed by atoms with Gasteiger partial charge >= 0.3 is 0 Å². The Morgan fingerprint density at radius 2 is 1.93 bits per heavy atom. The Kier molecular flexibility index (Phi) is 3.24. The van der Waals surface area contributed by atoms with Crippen LogP contribution in [-0.4, -0.2) is 9.97 Å². The number of hydrogen-bond donors (Lipinski definition) is 0. The van der Waals surface area contributed by atoms with E-state index in [-0.39, 0.29) is 0 Å². The Balaban J connectivity index is 2.54. The van der Waals surface area contributed by atoms with E-state index in [9.17, 15) is 0 Å². The summed E-state index contributed by atoms with van der Waals surface area (Å²) in [7, 11) is 0. The molecule has 0 saturated heterocycles. The molecule has 0 spiro atoms. The van der Waals surface area contributed by atoms with Gasteiger partial charge < -0.3 is 0 Å².